The van der Waals surface area contributed by atoms with Gasteiger partial charge in [0.1, 0.15) is 5.75 Å². The molecule has 0 radical (unpaired) electrons. The van der Waals surface area contributed by atoms with Crippen molar-refractivity contribution in [2.45, 2.75) is 33.1 Å². The van der Waals surface area contributed by atoms with Crippen molar-refractivity contribution in [2.75, 3.05) is 34.4 Å². The normalized spacial score (nSPS) is 10.8. The molecular weight excluding hydrogens is 266 g/mol. The molecule has 0 heterocycles. The average Bonchev–Trinajstić information content (AvgIpc) is 2.49. The van der Waals surface area contributed by atoms with Crippen molar-refractivity contribution >= 4 is 0 Å². The minimum atomic E-state index is 0.705. The van der Waals surface area contributed by atoms with Gasteiger partial charge < -0.3 is 19.5 Å². The molecule has 0 aliphatic carbocycles. The summed E-state index contributed by atoms with van der Waals surface area (Å²) in [5.41, 5.74) is 1.17. The van der Waals surface area contributed by atoms with E-state index >= 15 is 0 Å². The summed E-state index contributed by atoms with van der Waals surface area (Å²) in [6, 6.07) is 3.91. The lowest BCUT2D eigenvalue weighted by atomic mass is 10.1. The highest BCUT2D eigenvalue weighted by molar-refractivity contribution is 5.50. The van der Waals surface area contributed by atoms with Gasteiger partial charge >= 0.3 is 0 Å². The summed E-state index contributed by atoms with van der Waals surface area (Å²) in [5, 5.41) is 3.46. The molecule has 0 bridgehead atoms. The zero-order chi connectivity index (χ0) is 15.7. The average molecular weight is 295 g/mol. The fourth-order valence-electron chi connectivity index (χ4n) is 2.24. The highest BCUT2D eigenvalue weighted by Crippen LogP contribution is 2.35. The third-order valence-corrected chi connectivity index (χ3v) is 3.39. The molecule has 0 aliphatic rings. The van der Waals surface area contributed by atoms with E-state index in [9.17, 15) is 0 Å². The quantitative estimate of drug-likeness (QED) is 0.672. The fraction of sp³-hybridized carbons (Fsp3) is 0.647. The molecule has 0 atom stereocenters. The van der Waals surface area contributed by atoms with Crippen LogP contribution in [0.15, 0.2) is 12.1 Å². The maximum atomic E-state index is 5.45. The number of aryl methyl sites for hydroxylation is 1. The Morgan fingerprint density at radius 2 is 1.52 bits per heavy atom. The van der Waals surface area contributed by atoms with E-state index in [1.165, 1.54) is 5.56 Å². The van der Waals surface area contributed by atoms with Gasteiger partial charge in [0.05, 0.1) is 21.3 Å². The van der Waals surface area contributed by atoms with E-state index in [4.69, 9.17) is 14.2 Å². The first-order valence-electron chi connectivity index (χ1n) is 7.62. The second-order valence-corrected chi connectivity index (χ2v) is 5.57. The Balaban J connectivity index is 2.53. The molecule has 0 amide bonds. The van der Waals surface area contributed by atoms with Gasteiger partial charge in [-0.25, -0.2) is 0 Å². The smallest absolute Gasteiger partial charge is 0.164 e. The van der Waals surface area contributed by atoms with Crippen LogP contribution in [0.2, 0.25) is 0 Å². The van der Waals surface area contributed by atoms with Crippen molar-refractivity contribution in [2.24, 2.45) is 5.92 Å². The van der Waals surface area contributed by atoms with Gasteiger partial charge in [-0.05, 0) is 49.9 Å². The largest absolute Gasteiger partial charge is 0.496 e. The predicted octanol–water partition coefficient (Wildman–Crippen LogP) is 3.28. The Kier molecular flexibility index (Phi) is 7.98. The highest BCUT2D eigenvalue weighted by Gasteiger charge is 2.11. The molecule has 1 rings (SSSR count). The first kappa shape index (κ1) is 17.6. The van der Waals surface area contributed by atoms with Gasteiger partial charge in [-0.2, -0.15) is 0 Å². The molecule has 0 aliphatic heterocycles. The van der Waals surface area contributed by atoms with Crippen molar-refractivity contribution < 1.29 is 14.2 Å². The van der Waals surface area contributed by atoms with Crippen molar-refractivity contribution in [3.63, 3.8) is 0 Å². The van der Waals surface area contributed by atoms with E-state index < -0.39 is 0 Å². The molecule has 0 unspecified atom stereocenters. The SMILES string of the molecule is COc1cc(OC)c(OC)cc1CCCCNCC(C)C. The molecule has 4 heteroatoms. The predicted molar refractivity (Wildman–Crippen MR) is 86.7 cm³/mol. The van der Waals surface area contributed by atoms with Gasteiger partial charge in [0.25, 0.3) is 0 Å². The van der Waals surface area contributed by atoms with E-state index in [1.54, 1.807) is 21.3 Å². The van der Waals surface area contributed by atoms with Gasteiger partial charge in [-0.1, -0.05) is 13.8 Å². The van der Waals surface area contributed by atoms with Gasteiger partial charge in [-0.15, -0.1) is 0 Å². The molecule has 1 N–H and O–H groups in total. The Morgan fingerprint density at radius 3 is 2.10 bits per heavy atom. The number of benzene rings is 1. The van der Waals surface area contributed by atoms with Crippen LogP contribution in [0, 0.1) is 5.92 Å². The lowest BCUT2D eigenvalue weighted by Crippen LogP contribution is -2.20. The lowest BCUT2D eigenvalue weighted by Gasteiger charge is -2.14. The Labute approximate surface area is 128 Å². The molecule has 0 saturated heterocycles. The molecule has 120 valence electrons. The van der Waals surface area contributed by atoms with Gasteiger partial charge in [-0.3, -0.25) is 0 Å². The highest BCUT2D eigenvalue weighted by atomic mass is 16.5. The summed E-state index contributed by atoms with van der Waals surface area (Å²) in [6.45, 7) is 6.59. The summed E-state index contributed by atoms with van der Waals surface area (Å²) < 4.78 is 16.1. The molecule has 21 heavy (non-hydrogen) atoms. The third-order valence-electron chi connectivity index (χ3n) is 3.39. The number of ether oxygens (including phenoxy) is 3. The molecule has 1 aromatic rings. The molecule has 4 nitrogen and oxygen atoms in total. The van der Waals surface area contributed by atoms with Crippen LogP contribution in [0.4, 0.5) is 0 Å². The summed E-state index contributed by atoms with van der Waals surface area (Å²) in [6.07, 6.45) is 3.26. The van der Waals surface area contributed by atoms with Crippen LogP contribution in [-0.2, 0) is 6.42 Å². The van der Waals surface area contributed by atoms with Crippen molar-refractivity contribution in [3.05, 3.63) is 17.7 Å². The maximum absolute atomic E-state index is 5.45. The van der Waals surface area contributed by atoms with Crippen LogP contribution >= 0.6 is 0 Å². The van der Waals surface area contributed by atoms with Crippen LogP contribution in [0.25, 0.3) is 0 Å². The Hall–Kier alpha value is -1.42. The zero-order valence-electron chi connectivity index (χ0n) is 14.0. The summed E-state index contributed by atoms with van der Waals surface area (Å²) in [5.74, 6) is 3.03. The molecule has 0 aromatic heterocycles. The fourth-order valence-corrected chi connectivity index (χ4v) is 2.24. The van der Waals surface area contributed by atoms with Gasteiger partial charge in [0.2, 0.25) is 0 Å². The number of rotatable bonds is 10. The topological polar surface area (TPSA) is 39.7 Å². The molecule has 0 fully saturated rings. The standard InChI is InChI=1S/C17H29NO3/c1-13(2)12-18-9-7-6-8-14-10-16(20-4)17(21-5)11-15(14)19-3/h10-11,13,18H,6-9,12H2,1-5H3. The summed E-state index contributed by atoms with van der Waals surface area (Å²) in [4.78, 5) is 0. The molecular formula is C17H29NO3. The first-order chi connectivity index (χ1) is 10.1. The maximum Gasteiger partial charge on any atom is 0.164 e. The number of hydrogen-bond donors (Lipinski definition) is 1. The van der Waals surface area contributed by atoms with Gasteiger partial charge in [0.15, 0.2) is 11.5 Å². The molecule has 0 spiro atoms. The van der Waals surface area contributed by atoms with Crippen LogP contribution in [-0.4, -0.2) is 34.4 Å². The van der Waals surface area contributed by atoms with E-state index in [2.05, 4.69) is 19.2 Å². The van der Waals surface area contributed by atoms with Crippen LogP contribution in [0.5, 0.6) is 17.2 Å². The second kappa shape index (κ2) is 9.50. The second-order valence-electron chi connectivity index (χ2n) is 5.57. The van der Waals surface area contributed by atoms with E-state index in [-0.39, 0.29) is 0 Å². The van der Waals surface area contributed by atoms with Crippen molar-refractivity contribution in [3.8, 4) is 17.2 Å². The van der Waals surface area contributed by atoms with Crippen molar-refractivity contribution in [1.29, 1.82) is 0 Å². The lowest BCUT2D eigenvalue weighted by molar-refractivity contribution is 0.347. The zero-order valence-corrected chi connectivity index (χ0v) is 14.0. The minimum Gasteiger partial charge on any atom is -0.496 e. The van der Waals surface area contributed by atoms with E-state index in [0.717, 1.165) is 43.9 Å². The van der Waals surface area contributed by atoms with Crippen LogP contribution < -0.4 is 19.5 Å². The van der Waals surface area contributed by atoms with Crippen LogP contribution in [0.3, 0.4) is 0 Å². The number of unbranched alkanes of at least 4 members (excludes halogenated alkanes) is 1. The van der Waals surface area contributed by atoms with Crippen LogP contribution in [0.1, 0.15) is 32.3 Å². The summed E-state index contributed by atoms with van der Waals surface area (Å²) >= 11 is 0. The monoisotopic (exact) mass is 295 g/mol. The van der Waals surface area contributed by atoms with Gasteiger partial charge in [0, 0.05) is 6.07 Å². The minimum absolute atomic E-state index is 0.705. The molecule has 0 saturated carbocycles. The third kappa shape index (κ3) is 5.84. The number of hydrogen-bond acceptors (Lipinski definition) is 4. The number of nitrogens with one attached hydrogen (secondary N) is 1. The summed E-state index contributed by atoms with van der Waals surface area (Å²) in [7, 11) is 4.98. The first-order valence-corrected chi connectivity index (χ1v) is 7.62. The van der Waals surface area contributed by atoms with Crippen molar-refractivity contribution in [1.82, 2.24) is 5.32 Å². The Morgan fingerprint density at radius 1 is 0.905 bits per heavy atom. The number of methoxy groups -OCH3 is 3. The van der Waals surface area contributed by atoms with E-state index in [1.807, 2.05) is 12.1 Å². The molecule has 1 aromatic carbocycles. The Bertz CT molecular complexity index is 419. The van der Waals surface area contributed by atoms with E-state index in [0.29, 0.717) is 11.7 Å².